The van der Waals surface area contributed by atoms with Crippen LogP contribution in [0.15, 0.2) is 30.3 Å². The Morgan fingerprint density at radius 1 is 1.12 bits per heavy atom. The van der Waals surface area contributed by atoms with Crippen molar-refractivity contribution in [3.05, 3.63) is 35.9 Å². The molecule has 0 bridgehead atoms. The van der Waals surface area contributed by atoms with Crippen LogP contribution in [0.3, 0.4) is 0 Å². The summed E-state index contributed by atoms with van der Waals surface area (Å²) in [5.74, 6) is -2.34. The number of aliphatic hydroxyl groups excluding tert-OH is 1. The van der Waals surface area contributed by atoms with Crippen LogP contribution in [0.25, 0.3) is 0 Å². The zero-order valence-corrected chi connectivity index (χ0v) is 13.6. The lowest BCUT2D eigenvalue weighted by atomic mass is 10.0. The van der Waals surface area contributed by atoms with E-state index in [1.54, 1.807) is 38.1 Å². The van der Waals surface area contributed by atoms with Gasteiger partial charge < -0.3 is 25.6 Å². The third-order valence-corrected chi connectivity index (χ3v) is 3.23. The summed E-state index contributed by atoms with van der Waals surface area (Å²) in [6, 6.07) is 6.52. The third-order valence-electron chi connectivity index (χ3n) is 3.23. The Morgan fingerprint density at radius 2 is 1.75 bits per heavy atom. The van der Waals surface area contributed by atoms with Gasteiger partial charge in [-0.3, -0.25) is 4.79 Å². The summed E-state index contributed by atoms with van der Waals surface area (Å²) in [5, 5.41) is 22.8. The number of carboxylic acids is 1. The maximum absolute atomic E-state index is 12.0. The number of carboxylic acid groups (broad SMARTS) is 1. The summed E-state index contributed by atoms with van der Waals surface area (Å²) >= 11 is 0. The van der Waals surface area contributed by atoms with Gasteiger partial charge in [0.2, 0.25) is 5.91 Å². The molecule has 0 unspecified atom stereocenters. The molecule has 0 aliphatic rings. The zero-order valence-electron chi connectivity index (χ0n) is 13.6. The fraction of sp³-hybridized carbons (Fsp3) is 0.438. The highest BCUT2D eigenvalue weighted by molar-refractivity contribution is 5.89. The van der Waals surface area contributed by atoms with E-state index >= 15 is 0 Å². The predicted octanol–water partition coefficient (Wildman–Crippen LogP) is 0.499. The Kier molecular flexibility index (Phi) is 7.70. The van der Waals surface area contributed by atoms with Gasteiger partial charge in [-0.1, -0.05) is 44.2 Å². The van der Waals surface area contributed by atoms with Crippen molar-refractivity contribution in [1.29, 1.82) is 0 Å². The molecule has 24 heavy (non-hydrogen) atoms. The van der Waals surface area contributed by atoms with Crippen LogP contribution in [-0.2, 0) is 20.9 Å². The Balaban J connectivity index is 2.54. The lowest BCUT2D eigenvalue weighted by Gasteiger charge is -2.21. The summed E-state index contributed by atoms with van der Waals surface area (Å²) in [7, 11) is 0. The van der Waals surface area contributed by atoms with Crippen molar-refractivity contribution < 1.29 is 29.3 Å². The molecule has 1 aromatic carbocycles. The number of hydrogen-bond donors (Lipinski definition) is 4. The van der Waals surface area contributed by atoms with E-state index in [0.717, 1.165) is 5.56 Å². The Bertz CT molecular complexity index is 561. The molecular weight excluding hydrogens is 316 g/mol. The molecule has 4 N–H and O–H groups in total. The molecular formula is C16H22N2O6. The first-order chi connectivity index (χ1) is 11.3. The standard InChI is InChI=1S/C16H22N2O6/c1-10(2)13(15(21)22)18-14(20)12(8-19)17-16(23)24-9-11-6-4-3-5-7-11/h3-7,10,12-13,19H,8-9H2,1-2H3,(H,17,23)(H,18,20)(H,21,22)/t12-,13+/m0/s1. The van der Waals surface area contributed by atoms with E-state index in [0.29, 0.717) is 0 Å². The van der Waals surface area contributed by atoms with Gasteiger partial charge in [0.15, 0.2) is 0 Å². The first-order valence-electron chi connectivity index (χ1n) is 7.46. The molecule has 0 aliphatic carbocycles. The smallest absolute Gasteiger partial charge is 0.408 e. The van der Waals surface area contributed by atoms with Crippen LogP contribution in [0.4, 0.5) is 4.79 Å². The van der Waals surface area contributed by atoms with Crippen LogP contribution in [0.1, 0.15) is 19.4 Å². The van der Waals surface area contributed by atoms with Gasteiger partial charge in [-0.15, -0.1) is 0 Å². The van der Waals surface area contributed by atoms with Crippen molar-refractivity contribution in [2.75, 3.05) is 6.61 Å². The number of benzene rings is 1. The fourth-order valence-electron chi connectivity index (χ4n) is 1.87. The van der Waals surface area contributed by atoms with Crippen molar-refractivity contribution >= 4 is 18.0 Å². The van der Waals surface area contributed by atoms with E-state index in [1.807, 2.05) is 6.07 Å². The summed E-state index contributed by atoms with van der Waals surface area (Å²) < 4.78 is 4.95. The summed E-state index contributed by atoms with van der Waals surface area (Å²) in [6.45, 7) is 2.59. The highest BCUT2D eigenvalue weighted by Crippen LogP contribution is 2.03. The number of ether oxygens (including phenoxy) is 1. The largest absolute Gasteiger partial charge is 0.480 e. The van der Waals surface area contributed by atoms with Crippen LogP contribution in [-0.4, -0.2) is 46.9 Å². The lowest BCUT2D eigenvalue weighted by Crippen LogP contribution is -2.54. The number of amides is 2. The number of alkyl carbamates (subject to hydrolysis) is 1. The van der Waals surface area contributed by atoms with Gasteiger partial charge in [-0.2, -0.15) is 0 Å². The molecule has 0 saturated carbocycles. The second-order valence-corrected chi connectivity index (χ2v) is 5.51. The van der Waals surface area contributed by atoms with E-state index in [4.69, 9.17) is 9.84 Å². The normalized spacial score (nSPS) is 13.0. The molecule has 8 nitrogen and oxygen atoms in total. The average Bonchev–Trinajstić information content (AvgIpc) is 2.55. The topological polar surface area (TPSA) is 125 Å². The van der Waals surface area contributed by atoms with Crippen molar-refractivity contribution in [2.45, 2.75) is 32.5 Å². The number of hydrogen-bond acceptors (Lipinski definition) is 5. The predicted molar refractivity (Wildman–Crippen MR) is 85.0 cm³/mol. The van der Waals surface area contributed by atoms with E-state index in [1.165, 1.54) is 0 Å². The SMILES string of the molecule is CC(C)[C@@H](NC(=O)[C@H](CO)NC(=O)OCc1ccccc1)C(=O)O. The summed E-state index contributed by atoms with van der Waals surface area (Å²) in [6.07, 6.45) is -0.885. The summed E-state index contributed by atoms with van der Waals surface area (Å²) in [5.41, 5.74) is 0.767. The molecule has 0 saturated heterocycles. The molecule has 2 atom stereocenters. The van der Waals surface area contributed by atoms with Crippen molar-refractivity contribution in [3.63, 3.8) is 0 Å². The number of carbonyl (C=O) groups is 3. The maximum Gasteiger partial charge on any atom is 0.408 e. The number of nitrogens with one attached hydrogen (secondary N) is 2. The van der Waals surface area contributed by atoms with Crippen LogP contribution >= 0.6 is 0 Å². The van der Waals surface area contributed by atoms with Crippen LogP contribution in [0.5, 0.6) is 0 Å². The van der Waals surface area contributed by atoms with E-state index in [-0.39, 0.29) is 12.5 Å². The van der Waals surface area contributed by atoms with Crippen LogP contribution in [0, 0.1) is 5.92 Å². The van der Waals surface area contributed by atoms with Crippen LogP contribution in [0.2, 0.25) is 0 Å². The molecule has 1 aromatic rings. The minimum Gasteiger partial charge on any atom is -0.480 e. The van der Waals surface area contributed by atoms with Gasteiger partial charge in [0.1, 0.15) is 18.7 Å². The van der Waals surface area contributed by atoms with Crippen molar-refractivity contribution in [3.8, 4) is 0 Å². The van der Waals surface area contributed by atoms with Crippen molar-refractivity contribution in [1.82, 2.24) is 10.6 Å². The van der Waals surface area contributed by atoms with E-state index < -0.39 is 36.7 Å². The fourth-order valence-corrected chi connectivity index (χ4v) is 1.87. The van der Waals surface area contributed by atoms with Gasteiger partial charge in [-0.25, -0.2) is 9.59 Å². The minimum atomic E-state index is -1.30. The molecule has 132 valence electrons. The number of aliphatic hydroxyl groups is 1. The van der Waals surface area contributed by atoms with Gasteiger partial charge in [0, 0.05) is 0 Å². The number of rotatable bonds is 8. The molecule has 0 aromatic heterocycles. The Morgan fingerprint density at radius 3 is 2.25 bits per heavy atom. The van der Waals surface area contributed by atoms with Crippen molar-refractivity contribution in [2.24, 2.45) is 5.92 Å². The number of aliphatic carboxylic acids is 1. The quantitative estimate of drug-likeness (QED) is 0.547. The number of carbonyl (C=O) groups excluding carboxylic acids is 2. The molecule has 8 heteroatoms. The van der Waals surface area contributed by atoms with E-state index in [9.17, 15) is 19.5 Å². The molecule has 0 radical (unpaired) electrons. The second-order valence-electron chi connectivity index (χ2n) is 5.51. The molecule has 0 aliphatic heterocycles. The first kappa shape index (κ1) is 19.4. The second kappa shape index (κ2) is 9.51. The van der Waals surface area contributed by atoms with E-state index in [2.05, 4.69) is 10.6 Å². The van der Waals surface area contributed by atoms with Crippen LogP contribution < -0.4 is 10.6 Å². The third kappa shape index (κ3) is 6.25. The lowest BCUT2D eigenvalue weighted by molar-refractivity contribution is -0.143. The Hall–Kier alpha value is -2.61. The monoisotopic (exact) mass is 338 g/mol. The highest BCUT2D eigenvalue weighted by Gasteiger charge is 2.28. The molecule has 2 amide bonds. The zero-order chi connectivity index (χ0) is 18.1. The Labute approximate surface area is 139 Å². The molecule has 1 rings (SSSR count). The highest BCUT2D eigenvalue weighted by atomic mass is 16.5. The van der Waals surface area contributed by atoms with Gasteiger partial charge in [0.25, 0.3) is 0 Å². The first-order valence-corrected chi connectivity index (χ1v) is 7.46. The van der Waals surface area contributed by atoms with Gasteiger partial charge in [-0.05, 0) is 11.5 Å². The maximum atomic E-state index is 12.0. The summed E-state index contributed by atoms with van der Waals surface area (Å²) in [4.78, 5) is 34.8. The molecule has 0 fully saturated rings. The minimum absolute atomic E-state index is 0.0101. The van der Waals surface area contributed by atoms with Gasteiger partial charge >= 0.3 is 12.1 Å². The molecule has 0 heterocycles. The molecule has 0 spiro atoms. The average molecular weight is 338 g/mol. The van der Waals surface area contributed by atoms with Gasteiger partial charge in [0.05, 0.1) is 6.61 Å².